The molecule has 14 nitrogen and oxygen atoms in total. The zero-order chi connectivity index (χ0) is 38.8. The van der Waals surface area contributed by atoms with E-state index in [-0.39, 0.29) is 24.7 Å². The number of rotatable bonds is 11. The molecule has 286 valence electrons. The van der Waals surface area contributed by atoms with Crippen molar-refractivity contribution in [1.82, 2.24) is 29.7 Å². The number of fused-ring (bicyclic) bond motifs is 2. The highest BCUT2D eigenvalue weighted by Crippen LogP contribution is 2.30. The van der Waals surface area contributed by atoms with Gasteiger partial charge in [-0.05, 0) is 85.0 Å². The van der Waals surface area contributed by atoms with Gasteiger partial charge in [0, 0.05) is 49.3 Å². The Hall–Kier alpha value is -6.38. The lowest BCUT2D eigenvalue weighted by atomic mass is 9.91. The van der Waals surface area contributed by atoms with E-state index in [4.69, 9.17) is 21.1 Å². The fourth-order valence-electron chi connectivity index (χ4n) is 7.73. The van der Waals surface area contributed by atoms with Crippen LogP contribution in [0.5, 0.6) is 0 Å². The van der Waals surface area contributed by atoms with E-state index in [0.717, 1.165) is 59.0 Å². The molecule has 0 unspecified atom stereocenters. The van der Waals surface area contributed by atoms with Gasteiger partial charge in [-0.1, -0.05) is 48.5 Å². The highest BCUT2D eigenvalue weighted by molar-refractivity contribution is 6.05. The number of hydrogen-bond acceptors (Lipinski definition) is 10. The summed E-state index contributed by atoms with van der Waals surface area (Å²) in [6, 6.07) is 26.8. The molecule has 0 aliphatic carbocycles. The van der Waals surface area contributed by atoms with Crippen LogP contribution in [0, 0.1) is 0 Å². The minimum atomic E-state index is -0.518. The molecule has 4 aromatic carbocycles. The number of benzene rings is 4. The second-order valence-electron chi connectivity index (χ2n) is 14.4. The number of carbonyl (C=O) groups excluding carboxylic acids is 4. The Morgan fingerprint density at radius 2 is 1.00 bits per heavy atom. The summed E-state index contributed by atoms with van der Waals surface area (Å²) >= 11 is 0. The molecule has 2 aromatic heterocycles. The van der Waals surface area contributed by atoms with E-state index in [1.165, 1.54) is 0 Å². The summed E-state index contributed by atoms with van der Waals surface area (Å²) < 4.78 is 3.47. The van der Waals surface area contributed by atoms with Crippen molar-refractivity contribution in [3.8, 4) is 11.4 Å². The van der Waals surface area contributed by atoms with Crippen LogP contribution in [0.25, 0.3) is 33.2 Å². The number of nitrogens with two attached hydrogens (primary N) is 2. The Kier molecular flexibility index (Phi) is 10.3. The van der Waals surface area contributed by atoms with Crippen molar-refractivity contribution < 1.29 is 28.9 Å². The summed E-state index contributed by atoms with van der Waals surface area (Å²) in [4.78, 5) is 60.7. The smallest absolute Gasteiger partial charge is 0.325 e. The molecule has 2 atom stereocenters. The van der Waals surface area contributed by atoms with Gasteiger partial charge in [-0.15, -0.1) is 10.1 Å². The fourth-order valence-corrected chi connectivity index (χ4v) is 7.73. The van der Waals surface area contributed by atoms with E-state index in [9.17, 15) is 19.2 Å². The predicted octanol–water partition coefficient (Wildman–Crippen LogP) is 5.32. The predicted molar refractivity (Wildman–Crippen MR) is 208 cm³/mol. The maximum absolute atomic E-state index is 12.8. The quantitative estimate of drug-likeness (QED) is 0.176. The van der Waals surface area contributed by atoms with Crippen molar-refractivity contribution in [3.05, 3.63) is 120 Å². The van der Waals surface area contributed by atoms with Gasteiger partial charge in [0.15, 0.2) is 0 Å². The molecule has 0 radical (unpaired) electrons. The first-order chi connectivity index (χ1) is 27.2. The summed E-state index contributed by atoms with van der Waals surface area (Å²) in [7, 11) is 0. The van der Waals surface area contributed by atoms with E-state index in [1.807, 2.05) is 48.8 Å². The molecule has 2 aliphatic heterocycles. The van der Waals surface area contributed by atoms with Crippen LogP contribution in [0.15, 0.2) is 97.3 Å². The second-order valence-corrected chi connectivity index (χ2v) is 14.4. The number of amides is 2. The Bertz CT molecular complexity index is 2250. The highest BCUT2D eigenvalue weighted by Gasteiger charge is 2.27. The van der Waals surface area contributed by atoms with Crippen molar-refractivity contribution in [2.24, 2.45) is 11.5 Å². The molecule has 6 aromatic rings. The molecule has 0 bridgehead atoms. The molecular weight excluding hydrogens is 713 g/mol. The minimum absolute atomic E-state index is 0.0769. The van der Waals surface area contributed by atoms with Crippen molar-refractivity contribution >= 4 is 45.6 Å². The Balaban J connectivity index is 0.799. The van der Waals surface area contributed by atoms with E-state index in [0.29, 0.717) is 48.3 Å². The van der Waals surface area contributed by atoms with Gasteiger partial charge in [0.1, 0.15) is 11.0 Å². The third-order valence-electron chi connectivity index (χ3n) is 10.6. The van der Waals surface area contributed by atoms with Crippen LogP contribution in [-0.2, 0) is 19.3 Å². The first kappa shape index (κ1) is 36.6. The normalized spacial score (nSPS) is 17.9. The molecule has 4 heterocycles. The summed E-state index contributed by atoms with van der Waals surface area (Å²) in [5.41, 5.74) is 16.9. The Morgan fingerprint density at radius 1 is 0.589 bits per heavy atom. The van der Waals surface area contributed by atoms with Crippen molar-refractivity contribution in [3.63, 3.8) is 0 Å². The van der Waals surface area contributed by atoms with Crippen molar-refractivity contribution in [2.45, 2.75) is 50.4 Å². The van der Waals surface area contributed by atoms with E-state index < -0.39 is 23.8 Å². The molecule has 0 spiro atoms. The Labute approximate surface area is 322 Å². The molecule has 0 saturated carbocycles. The molecule has 2 amide bonds. The van der Waals surface area contributed by atoms with Crippen LogP contribution < -0.4 is 11.5 Å². The van der Waals surface area contributed by atoms with Crippen LogP contribution >= 0.6 is 0 Å². The van der Waals surface area contributed by atoms with Gasteiger partial charge in [0.2, 0.25) is 0 Å². The lowest BCUT2D eigenvalue weighted by Crippen LogP contribution is -2.37. The van der Waals surface area contributed by atoms with Gasteiger partial charge in [-0.2, -0.15) is 10.2 Å². The topological polar surface area (TPSA) is 181 Å². The summed E-state index contributed by atoms with van der Waals surface area (Å²) in [5, 5.41) is 14.2. The third kappa shape index (κ3) is 7.88. The lowest BCUT2D eigenvalue weighted by molar-refractivity contribution is -0.202. The summed E-state index contributed by atoms with van der Waals surface area (Å²) in [6.45, 7) is 2.35. The summed E-state index contributed by atoms with van der Waals surface area (Å²) in [6.07, 6.45) is 7.21. The van der Waals surface area contributed by atoms with E-state index in [2.05, 4.69) is 34.5 Å². The highest BCUT2D eigenvalue weighted by atomic mass is 16.7. The molecule has 14 heteroatoms. The SMILES string of the molecule is NC(=O)c1cccc2cn(-c3ccc([C@@H]4CCCN(OC(=O)CCC(=O)ON5CCC[C@@H](c6ccc(-n7cc8cccc(C(N)=O)c8n7)cc6)C5)C4)cc3)nc12. The fraction of sp³-hybridized carbons (Fsp3) is 0.286. The lowest BCUT2D eigenvalue weighted by Gasteiger charge is -2.32. The van der Waals surface area contributed by atoms with Crippen LogP contribution in [0.3, 0.4) is 0 Å². The number of hydroxylamine groups is 4. The molecule has 56 heavy (non-hydrogen) atoms. The molecular formula is C42H42N8O6. The third-order valence-corrected chi connectivity index (χ3v) is 10.6. The largest absolute Gasteiger partial charge is 0.368 e. The minimum Gasteiger partial charge on any atom is -0.368 e. The van der Waals surface area contributed by atoms with Gasteiger partial charge in [-0.3, -0.25) is 19.2 Å². The van der Waals surface area contributed by atoms with Gasteiger partial charge < -0.3 is 21.1 Å². The number of primary amides is 2. The van der Waals surface area contributed by atoms with Gasteiger partial charge in [0.25, 0.3) is 11.8 Å². The van der Waals surface area contributed by atoms with Crippen molar-refractivity contribution in [1.29, 1.82) is 0 Å². The number of nitrogens with zero attached hydrogens (tertiary/aromatic N) is 6. The number of hydrogen-bond donors (Lipinski definition) is 2. The molecule has 2 fully saturated rings. The summed E-state index contributed by atoms with van der Waals surface area (Å²) in [5.74, 6) is -1.64. The van der Waals surface area contributed by atoms with Gasteiger partial charge >= 0.3 is 11.9 Å². The first-order valence-corrected chi connectivity index (χ1v) is 18.9. The zero-order valence-corrected chi connectivity index (χ0v) is 30.8. The second kappa shape index (κ2) is 15.8. The number of carbonyl (C=O) groups is 4. The van der Waals surface area contributed by atoms with Crippen LogP contribution in [-0.4, -0.2) is 79.6 Å². The number of piperidine rings is 2. The molecule has 4 N–H and O–H groups in total. The standard InChI is InChI=1S/C42H42N8O6/c43-41(53)35-9-1-5-31-25-49(45-39(31)35)33-15-11-27(12-16-33)29-7-3-21-47(23-29)55-37(51)19-20-38(52)56-48-22-4-8-30(24-48)28-13-17-34(18-14-28)50-26-32-6-2-10-36(42(44)54)40(32)46-50/h1-2,5-6,9-18,25-26,29-30H,3-4,7-8,19-24H2,(H2,43,53)(H2,44,54)/t29-,30-/m1/s1. The van der Waals surface area contributed by atoms with Gasteiger partial charge in [0.05, 0.1) is 35.3 Å². The van der Waals surface area contributed by atoms with Gasteiger partial charge in [-0.25, -0.2) is 9.36 Å². The maximum Gasteiger partial charge on any atom is 0.325 e. The van der Waals surface area contributed by atoms with Crippen molar-refractivity contribution in [2.75, 3.05) is 26.2 Å². The zero-order valence-electron chi connectivity index (χ0n) is 30.8. The first-order valence-electron chi connectivity index (χ1n) is 18.9. The molecule has 2 aliphatic rings. The molecule has 8 rings (SSSR count). The van der Waals surface area contributed by atoms with Crippen LogP contribution in [0.1, 0.15) is 82.2 Å². The van der Waals surface area contributed by atoms with E-state index in [1.54, 1.807) is 43.8 Å². The average Bonchev–Trinajstić information content (AvgIpc) is 3.86. The maximum atomic E-state index is 12.8. The monoisotopic (exact) mass is 754 g/mol. The van der Waals surface area contributed by atoms with Crippen LogP contribution in [0.2, 0.25) is 0 Å². The van der Waals surface area contributed by atoms with E-state index >= 15 is 0 Å². The molecule has 2 saturated heterocycles. The average molecular weight is 755 g/mol. The number of aromatic nitrogens is 4. The Morgan fingerprint density at radius 3 is 1.39 bits per heavy atom. The van der Waals surface area contributed by atoms with Crippen LogP contribution in [0.4, 0.5) is 0 Å².